The molecule has 0 aromatic heterocycles. The van der Waals surface area contributed by atoms with Gasteiger partial charge < -0.3 is 20.1 Å². The Labute approximate surface area is 311 Å². The molecule has 53 heavy (non-hydrogen) atoms. The molecule has 4 aromatic rings. The van der Waals surface area contributed by atoms with Gasteiger partial charge in [0.15, 0.2) is 0 Å². The van der Waals surface area contributed by atoms with Crippen LogP contribution in [0, 0.1) is 0 Å². The third kappa shape index (κ3) is 9.21. The average Bonchev–Trinajstić information content (AvgIpc) is 3.12. The van der Waals surface area contributed by atoms with Crippen LogP contribution in [0.4, 0.5) is 11.4 Å². The molecule has 2 fully saturated rings. The fraction of sp³-hybridized carbons (Fsp3) is 0.333. The number of sulfonamides is 2. The molecule has 4 aromatic carbocycles. The van der Waals surface area contributed by atoms with E-state index in [2.05, 4.69) is 10.6 Å². The van der Waals surface area contributed by atoms with Crippen molar-refractivity contribution in [3.05, 3.63) is 119 Å². The van der Waals surface area contributed by atoms with E-state index in [1.165, 1.54) is 57.1 Å². The lowest BCUT2D eigenvalue weighted by atomic mass is 10.0. The smallest absolute Gasteiger partial charge is 0.255 e. The number of rotatable bonds is 10. The molecule has 0 bridgehead atoms. The second kappa shape index (κ2) is 15.9. The molecule has 2 heterocycles. The summed E-state index contributed by atoms with van der Waals surface area (Å²) >= 11 is 0. The molecule has 2 N–H and O–H groups in total. The molecule has 0 spiro atoms. The van der Waals surface area contributed by atoms with Crippen molar-refractivity contribution in [2.24, 2.45) is 0 Å². The van der Waals surface area contributed by atoms with E-state index in [-0.39, 0.29) is 72.2 Å². The summed E-state index contributed by atoms with van der Waals surface area (Å²) in [4.78, 5) is 26.1. The predicted octanol–water partition coefficient (Wildman–Crippen LogP) is 5.38. The number of anilines is 2. The maximum absolute atomic E-state index is 13.1. The van der Waals surface area contributed by atoms with Crippen molar-refractivity contribution < 1.29 is 35.9 Å². The first kappa shape index (κ1) is 38.3. The van der Waals surface area contributed by atoms with Crippen LogP contribution in [0.15, 0.2) is 107 Å². The van der Waals surface area contributed by atoms with Crippen molar-refractivity contribution in [2.75, 3.05) is 36.8 Å². The van der Waals surface area contributed by atoms with E-state index in [1.54, 1.807) is 24.3 Å². The summed E-state index contributed by atoms with van der Waals surface area (Å²) in [6.45, 7) is 8.48. The molecule has 0 aliphatic carbocycles. The van der Waals surface area contributed by atoms with Crippen molar-refractivity contribution in [1.29, 1.82) is 0 Å². The van der Waals surface area contributed by atoms with Crippen LogP contribution in [-0.4, -0.2) is 87.9 Å². The number of morpholine rings is 2. The Balaban J connectivity index is 0.998. The Bertz CT molecular complexity index is 1970. The van der Waals surface area contributed by atoms with Crippen molar-refractivity contribution >= 4 is 43.2 Å². The Hall–Kier alpha value is -4.44. The first-order valence-electron chi connectivity index (χ1n) is 17.5. The van der Waals surface area contributed by atoms with E-state index < -0.39 is 20.0 Å². The highest BCUT2D eigenvalue weighted by molar-refractivity contribution is 7.89. The van der Waals surface area contributed by atoms with Gasteiger partial charge in [-0.15, -0.1) is 0 Å². The molecule has 280 valence electrons. The number of hydrogen-bond acceptors (Lipinski definition) is 8. The fourth-order valence-electron chi connectivity index (χ4n) is 6.56. The van der Waals surface area contributed by atoms with Crippen molar-refractivity contribution in [2.45, 2.75) is 68.3 Å². The largest absolute Gasteiger partial charge is 0.373 e. The minimum atomic E-state index is -3.71. The lowest BCUT2D eigenvalue weighted by Gasteiger charge is -2.34. The maximum atomic E-state index is 13.1. The number of amides is 2. The Morgan fingerprint density at radius 1 is 0.528 bits per heavy atom. The average molecular weight is 761 g/mol. The highest BCUT2D eigenvalue weighted by atomic mass is 32.2. The molecule has 0 unspecified atom stereocenters. The first-order chi connectivity index (χ1) is 25.2. The molecule has 2 aliphatic rings. The minimum Gasteiger partial charge on any atom is -0.373 e. The van der Waals surface area contributed by atoms with E-state index in [1.807, 2.05) is 52.0 Å². The molecule has 0 radical (unpaired) electrons. The van der Waals surface area contributed by atoms with Gasteiger partial charge in [0, 0.05) is 48.7 Å². The number of ether oxygens (including phenoxy) is 2. The quantitative estimate of drug-likeness (QED) is 0.219. The van der Waals surface area contributed by atoms with Gasteiger partial charge in [0.05, 0.1) is 34.2 Å². The van der Waals surface area contributed by atoms with Crippen LogP contribution in [0.1, 0.15) is 59.5 Å². The van der Waals surface area contributed by atoms with Crippen molar-refractivity contribution in [1.82, 2.24) is 8.61 Å². The second-order valence-electron chi connectivity index (χ2n) is 13.7. The van der Waals surface area contributed by atoms with E-state index >= 15 is 0 Å². The third-order valence-electron chi connectivity index (χ3n) is 9.11. The topological polar surface area (TPSA) is 151 Å². The molecule has 2 saturated heterocycles. The SMILES string of the molecule is C[C@@H]1CN(S(=O)(=O)c2ccc(C(=O)Nc3ccc(Cc4ccc(NC(=O)c5ccc(S(=O)(=O)N6C[C@@H](C)O[C@@H](C)C6)cc5)cc4)cc3)cc2)C[C@@H](C)O1. The molecule has 2 aliphatic heterocycles. The van der Waals surface area contributed by atoms with Crippen molar-refractivity contribution in [3.63, 3.8) is 0 Å². The lowest BCUT2D eigenvalue weighted by Crippen LogP contribution is -2.48. The number of nitrogens with zero attached hydrogens (tertiary/aromatic N) is 2. The number of carbonyl (C=O) groups excluding carboxylic acids is 2. The van der Waals surface area contributed by atoms with Gasteiger partial charge in [-0.25, -0.2) is 16.8 Å². The van der Waals surface area contributed by atoms with Crippen LogP contribution in [0.2, 0.25) is 0 Å². The number of hydrogen-bond donors (Lipinski definition) is 2. The second-order valence-corrected chi connectivity index (χ2v) is 17.6. The minimum absolute atomic E-state index is 0.129. The van der Waals surface area contributed by atoms with Crippen LogP contribution >= 0.6 is 0 Å². The van der Waals surface area contributed by atoms with Gasteiger partial charge in [0.25, 0.3) is 11.8 Å². The monoisotopic (exact) mass is 760 g/mol. The van der Waals surface area contributed by atoms with Crippen LogP contribution in [0.25, 0.3) is 0 Å². The van der Waals surface area contributed by atoms with Gasteiger partial charge in [-0.3, -0.25) is 9.59 Å². The molecule has 0 saturated carbocycles. The van der Waals surface area contributed by atoms with Gasteiger partial charge in [0.1, 0.15) is 0 Å². The standard InChI is InChI=1S/C39H44N4O8S2/c1-26-22-42(23-27(2)50-26)52(46,47)36-17-9-32(10-18-36)38(44)40-34-13-5-30(6-14-34)21-31-7-15-35(16-8-31)41-39(45)33-11-19-37(20-12-33)53(48,49)43-24-28(3)51-29(4)25-43/h5-20,26-29H,21-25H2,1-4H3,(H,40,44)(H,41,45)/t26-,27-,28-,29+/m1/s1. The zero-order valence-corrected chi connectivity index (χ0v) is 31.7. The van der Waals surface area contributed by atoms with Crippen LogP contribution in [-0.2, 0) is 35.9 Å². The van der Waals surface area contributed by atoms with Gasteiger partial charge in [0.2, 0.25) is 20.0 Å². The Morgan fingerprint density at radius 3 is 1.13 bits per heavy atom. The van der Waals surface area contributed by atoms with E-state index in [4.69, 9.17) is 9.47 Å². The molecule has 12 nitrogen and oxygen atoms in total. The number of carbonyl (C=O) groups is 2. The molecular weight excluding hydrogens is 717 g/mol. The van der Waals surface area contributed by atoms with Gasteiger partial charge in [-0.2, -0.15) is 8.61 Å². The summed E-state index contributed by atoms with van der Waals surface area (Å²) in [7, 11) is -7.42. The molecular formula is C39H44N4O8S2. The fourth-order valence-corrected chi connectivity index (χ4v) is 9.74. The summed E-state index contributed by atoms with van der Waals surface area (Å²) in [5.74, 6) is -0.711. The zero-order chi connectivity index (χ0) is 37.9. The number of nitrogens with one attached hydrogen (secondary N) is 2. The first-order valence-corrected chi connectivity index (χ1v) is 20.4. The van der Waals surface area contributed by atoms with E-state index in [0.29, 0.717) is 28.9 Å². The summed E-state index contributed by atoms with van der Waals surface area (Å²) in [5, 5.41) is 5.72. The summed E-state index contributed by atoms with van der Waals surface area (Å²) in [5.41, 5.74) is 3.89. The summed E-state index contributed by atoms with van der Waals surface area (Å²) in [6, 6.07) is 26.7. The molecule has 14 heteroatoms. The van der Waals surface area contributed by atoms with Gasteiger partial charge in [-0.1, -0.05) is 24.3 Å². The van der Waals surface area contributed by atoms with Crippen LogP contribution in [0.3, 0.4) is 0 Å². The zero-order valence-electron chi connectivity index (χ0n) is 30.1. The third-order valence-corrected chi connectivity index (χ3v) is 12.8. The molecule has 6 rings (SSSR count). The normalized spacial score (nSPS) is 21.5. The van der Waals surface area contributed by atoms with Gasteiger partial charge in [-0.05, 0) is 118 Å². The van der Waals surface area contributed by atoms with Crippen molar-refractivity contribution in [3.8, 4) is 0 Å². The Morgan fingerprint density at radius 2 is 0.830 bits per heavy atom. The van der Waals surface area contributed by atoms with Gasteiger partial charge >= 0.3 is 0 Å². The predicted molar refractivity (Wildman–Crippen MR) is 202 cm³/mol. The summed E-state index contributed by atoms with van der Waals surface area (Å²) < 4.78 is 66.7. The highest BCUT2D eigenvalue weighted by Gasteiger charge is 2.33. The van der Waals surface area contributed by atoms with E-state index in [9.17, 15) is 26.4 Å². The Kier molecular flexibility index (Phi) is 11.5. The molecule has 4 atom stereocenters. The van der Waals surface area contributed by atoms with Crippen LogP contribution < -0.4 is 10.6 Å². The summed E-state index contributed by atoms with van der Waals surface area (Å²) in [6.07, 6.45) is -0.180. The van der Waals surface area contributed by atoms with E-state index in [0.717, 1.165) is 11.1 Å². The van der Waals surface area contributed by atoms with Crippen LogP contribution in [0.5, 0.6) is 0 Å². The lowest BCUT2D eigenvalue weighted by molar-refractivity contribution is -0.0442. The highest BCUT2D eigenvalue weighted by Crippen LogP contribution is 2.24. The number of benzene rings is 4. The molecule has 2 amide bonds. The maximum Gasteiger partial charge on any atom is 0.255 e.